The first-order valence-electron chi connectivity index (χ1n) is 9.06. The van der Waals surface area contributed by atoms with Crippen molar-refractivity contribution in [2.75, 3.05) is 27.4 Å². The Morgan fingerprint density at radius 1 is 0.769 bits per heavy atom. The molecule has 0 aromatic heterocycles. The number of hydrogen-bond acceptors (Lipinski definition) is 6. The highest BCUT2D eigenvalue weighted by molar-refractivity contribution is 5.97. The molecule has 26 heavy (non-hydrogen) atoms. The number of unbranched alkanes of at least 4 members (excludes halogenated alkanes) is 2. The Kier molecular flexibility index (Phi) is 10.6. The van der Waals surface area contributed by atoms with E-state index in [4.69, 9.17) is 18.9 Å². The maximum absolute atomic E-state index is 12.1. The van der Waals surface area contributed by atoms with E-state index in [0.717, 1.165) is 25.7 Å². The van der Waals surface area contributed by atoms with Crippen molar-refractivity contribution in [3.05, 3.63) is 34.4 Å². The van der Waals surface area contributed by atoms with Crippen molar-refractivity contribution in [1.29, 1.82) is 0 Å². The molecule has 0 atom stereocenters. The van der Waals surface area contributed by atoms with Gasteiger partial charge in [-0.3, -0.25) is 0 Å². The summed E-state index contributed by atoms with van der Waals surface area (Å²) in [6, 6.07) is 3.28. The molecule has 0 N–H and O–H groups in total. The summed E-state index contributed by atoms with van der Waals surface area (Å²) < 4.78 is 21.0. The predicted molar refractivity (Wildman–Crippen MR) is 98.2 cm³/mol. The van der Waals surface area contributed by atoms with E-state index in [0.29, 0.717) is 35.5 Å². The van der Waals surface area contributed by atoms with E-state index in [9.17, 15) is 9.59 Å². The lowest BCUT2D eigenvalue weighted by Gasteiger charge is -2.15. The first-order valence-corrected chi connectivity index (χ1v) is 9.06. The standard InChI is InChI=1S/C20H30O6/c1-5-7-9-25-13-15-11-16(14-26-10-8-6-2)18(20(22)24-4)12-17(15)19(21)23-3/h11-12H,5-10,13-14H2,1-4H3. The first kappa shape index (κ1) is 22.1. The molecule has 0 unspecified atom stereocenters. The van der Waals surface area contributed by atoms with Gasteiger partial charge in [0.2, 0.25) is 0 Å². The third-order valence-electron chi connectivity index (χ3n) is 3.94. The molecular weight excluding hydrogens is 336 g/mol. The van der Waals surface area contributed by atoms with Gasteiger partial charge in [-0.15, -0.1) is 0 Å². The fraction of sp³-hybridized carbons (Fsp3) is 0.600. The van der Waals surface area contributed by atoms with E-state index in [2.05, 4.69) is 13.8 Å². The average Bonchev–Trinajstić information content (AvgIpc) is 2.67. The minimum Gasteiger partial charge on any atom is -0.465 e. The molecule has 0 aliphatic rings. The molecule has 0 amide bonds. The largest absolute Gasteiger partial charge is 0.465 e. The van der Waals surface area contributed by atoms with Crippen molar-refractivity contribution >= 4 is 11.9 Å². The fourth-order valence-corrected chi connectivity index (χ4v) is 2.39. The highest BCUT2D eigenvalue weighted by Gasteiger charge is 2.20. The summed E-state index contributed by atoms with van der Waals surface area (Å²) >= 11 is 0. The number of benzene rings is 1. The molecule has 1 aromatic carbocycles. The first-order chi connectivity index (χ1) is 12.6. The van der Waals surface area contributed by atoms with E-state index >= 15 is 0 Å². The van der Waals surface area contributed by atoms with Crippen molar-refractivity contribution in [1.82, 2.24) is 0 Å². The summed E-state index contributed by atoms with van der Waals surface area (Å²) in [6.07, 6.45) is 3.95. The molecule has 1 rings (SSSR count). The minimum absolute atomic E-state index is 0.272. The van der Waals surface area contributed by atoms with Crippen LogP contribution in [0.1, 0.15) is 71.4 Å². The van der Waals surface area contributed by atoms with Gasteiger partial charge >= 0.3 is 11.9 Å². The van der Waals surface area contributed by atoms with Gasteiger partial charge in [-0.05, 0) is 36.1 Å². The number of hydrogen-bond donors (Lipinski definition) is 0. The molecule has 0 aliphatic heterocycles. The number of carbonyl (C=O) groups is 2. The predicted octanol–water partition coefficient (Wildman–Crippen LogP) is 3.89. The summed E-state index contributed by atoms with van der Waals surface area (Å²) in [5, 5.41) is 0. The van der Waals surface area contributed by atoms with Crippen LogP contribution in [-0.2, 0) is 32.2 Å². The fourth-order valence-electron chi connectivity index (χ4n) is 2.39. The Balaban J connectivity index is 3.13. The Labute approximate surface area is 155 Å². The van der Waals surface area contributed by atoms with Crippen LogP contribution in [0.5, 0.6) is 0 Å². The van der Waals surface area contributed by atoms with Crippen molar-refractivity contribution in [3.63, 3.8) is 0 Å². The van der Waals surface area contributed by atoms with Crippen molar-refractivity contribution < 1.29 is 28.5 Å². The molecular formula is C20H30O6. The Morgan fingerprint density at radius 3 is 1.54 bits per heavy atom. The molecule has 0 heterocycles. The van der Waals surface area contributed by atoms with Crippen LogP contribution in [0.2, 0.25) is 0 Å². The van der Waals surface area contributed by atoms with E-state index in [1.165, 1.54) is 20.3 Å². The maximum Gasteiger partial charge on any atom is 0.338 e. The molecule has 0 saturated carbocycles. The average molecular weight is 366 g/mol. The zero-order chi connectivity index (χ0) is 19.4. The van der Waals surface area contributed by atoms with Crippen LogP contribution < -0.4 is 0 Å². The highest BCUT2D eigenvalue weighted by Crippen LogP contribution is 2.21. The van der Waals surface area contributed by atoms with Crippen molar-refractivity contribution in [3.8, 4) is 0 Å². The van der Waals surface area contributed by atoms with Gasteiger partial charge in [0.15, 0.2) is 0 Å². The second kappa shape index (κ2) is 12.4. The molecule has 6 nitrogen and oxygen atoms in total. The van der Waals surface area contributed by atoms with Crippen molar-refractivity contribution in [2.24, 2.45) is 0 Å². The molecule has 0 spiro atoms. The topological polar surface area (TPSA) is 71.1 Å². The highest BCUT2D eigenvalue weighted by atomic mass is 16.5. The number of ether oxygens (including phenoxy) is 4. The van der Waals surface area contributed by atoms with E-state index in [1.807, 2.05) is 0 Å². The third-order valence-corrected chi connectivity index (χ3v) is 3.94. The van der Waals surface area contributed by atoms with Crippen LogP contribution in [0, 0.1) is 0 Å². The van der Waals surface area contributed by atoms with E-state index in [-0.39, 0.29) is 13.2 Å². The molecule has 0 fully saturated rings. The summed E-state index contributed by atoms with van der Waals surface area (Å²) in [4.78, 5) is 24.3. The van der Waals surface area contributed by atoms with Crippen LogP contribution in [0.15, 0.2) is 12.1 Å². The van der Waals surface area contributed by atoms with Crippen molar-refractivity contribution in [2.45, 2.75) is 52.7 Å². The smallest absolute Gasteiger partial charge is 0.338 e. The number of esters is 2. The lowest BCUT2D eigenvalue weighted by atomic mass is 9.98. The van der Waals surface area contributed by atoms with Crippen LogP contribution in [0.4, 0.5) is 0 Å². The Bertz CT molecular complexity index is 535. The molecule has 1 aromatic rings. The zero-order valence-electron chi connectivity index (χ0n) is 16.3. The molecule has 146 valence electrons. The van der Waals surface area contributed by atoms with Crippen LogP contribution >= 0.6 is 0 Å². The van der Waals surface area contributed by atoms with Gasteiger partial charge in [0.25, 0.3) is 0 Å². The van der Waals surface area contributed by atoms with Gasteiger partial charge in [-0.2, -0.15) is 0 Å². The lowest BCUT2D eigenvalue weighted by molar-refractivity contribution is 0.0586. The van der Waals surface area contributed by atoms with Gasteiger partial charge in [-0.1, -0.05) is 26.7 Å². The Morgan fingerprint density at radius 2 is 1.19 bits per heavy atom. The molecule has 0 saturated heterocycles. The van der Waals surface area contributed by atoms with Gasteiger partial charge in [0.05, 0.1) is 38.6 Å². The molecule has 0 radical (unpaired) electrons. The second-order valence-corrected chi connectivity index (χ2v) is 5.96. The SMILES string of the molecule is CCCCOCc1cc(COCCCC)c(C(=O)OC)cc1C(=O)OC. The normalized spacial score (nSPS) is 10.6. The van der Waals surface area contributed by atoms with E-state index in [1.54, 1.807) is 6.07 Å². The van der Waals surface area contributed by atoms with Gasteiger partial charge < -0.3 is 18.9 Å². The number of rotatable bonds is 12. The van der Waals surface area contributed by atoms with Gasteiger partial charge in [0.1, 0.15) is 0 Å². The van der Waals surface area contributed by atoms with Crippen LogP contribution in [0.3, 0.4) is 0 Å². The third kappa shape index (κ3) is 6.77. The lowest BCUT2D eigenvalue weighted by Crippen LogP contribution is -2.14. The monoisotopic (exact) mass is 366 g/mol. The zero-order valence-corrected chi connectivity index (χ0v) is 16.3. The molecule has 0 bridgehead atoms. The van der Waals surface area contributed by atoms with E-state index < -0.39 is 11.9 Å². The van der Waals surface area contributed by atoms with Crippen LogP contribution in [0.25, 0.3) is 0 Å². The van der Waals surface area contributed by atoms with Gasteiger partial charge in [-0.25, -0.2) is 9.59 Å². The number of methoxy groups -OCH3 is 2. The summed E-state index contributed by atoms with van der Waals surface area (Å²) in [5.74, 6) is -1.02. The molecule has 6 heteroatoms. The van der Waals surface area contributed by atoms with Gasteiger partial charge in [0, 0.05) is 13.2 Å². The second-order valence-electron chi connectivity index (χ2n) is 5.96. The quantitative estimate of drug-likeness (QED) is 0.413. The maximum atomic E-state index is 12.1. The molecule has 0 aliphatic carbocycles. The van der Waals surface area contributed by atoms with Crippen LogP contribution in [-0.4, -0.2) is 39.4 Å². The summed E-state index contributed by atoms with van der Waals surface area (Å²) in [7, 11) is 2.62. The summed E-state index contributed by atoms with van der Waals surface area (Å²) in [6.45, 7) is 5.93. The number of carbonyl (C=O) groups excluding carboxylic acids is 2. The minimum atomic E-state index is -0.511. The summed E-state index contributed by atoms with van der Waals surface area (Å²) in [5.41, 5.74) is 1.97. The Hall–Kier alpha value is -1.92.